The third-order valence-electron chi connectivity index (χ3n) is 4.29. The van der Waals surface area contributed by atoms with Gasteiger partial charge >= 0.3 is 0 Å². The van der Waals surface area contributed by atoms with Gasteiger partial charge in [0.05, 0.1) is 24.2 Å². The van der Waals surface area contributed by atoms with E-state index in [-0.39, 0.29) is 36.4 Å². The zero-order valence-electron chi connectivity index (χ0n) is 15.9. The summed E-state index contributed by atoms with van der Waals surface area (Å²) in [5.41, 5.74) is 1.56. The fraction of sp³-hybridized carbons (Fsp3) is 0.400. The average Bonchev–Trinajstić information content (AvgIpc) is 2.67. The highest BCUT2D eigenvalue weighted by Gasteiger charge is 2.16. The van der Waals surface area contributed by atoms with Crippen molar-refractivity contribution in [3.05, 3.63) is 59.7 Å². The number of rotatable bonds is 11. The SMILES string of the molecule is CCCS(=O)(=O)Nc1cc(C(O)CN[C@H](CO)Cc2ccccc2)ccc1O. The van der Waals surface area contributed by atoms with Crippen molar-refractivity contribution in [1.29, 1.82) is 0 Å². The number of hydrogen-bond donors (Lipinski definition) is 5. The summed E-state index contributed by atoms with van der Waals surface area (Å²) < 4.78 is 26.2. The molecule has 5 N–H and O–H groups in total. The summed E-state index contributed by atoms with van der Waals surface area (Å²) in [5.74, 6) is -0.265. The normalized spacial score (nSPS) is 13.8. The second kappa shape index (κ2) is 10.4. The molecule has 28 heavy (non-hydrogen) atoms. The second-order valence-electron chi connectivity index (χ2n) is 6.69. The number of sulfonamides is 1. The van der Waals surface area contributed by atoms with E-state index in [1.54, 1.807) is 6.92 Å². The zero-order chi connectivity index (χ0) is 20.6. The van der Waals surface area contributed by atoms with Gasteiger partial charge in [-0.05, 0) is 36.1 Å². The Balaban J connectivity index is 2.01. The van der Waals surface area contributed by atoms with Gasteiger partial charge in [0.15, 0.2) is 0 Å². The van der Waals surface area contributed by atoms with Crippen LogP contribution in [0.15, 0.2) is 48.5 Å². The molecule has 0 aliphatic rings. The van der Waals surface area contributed by atoms with Crippen molar-refractivity contribution in [3.8, 4) is 5.75 Å². The molecule has 0 aliphatic carbocycles. The van der Waals surface area contributed by atoms with E-state index in [1.165, 1.54) is 18.2 Å². The fourth-order valence-corrected chi connectivity index (χ4v) is 3.96. The topological polar surface area (TPSA) is 119 Å². The number of benzene rings is 2. The Morgan fingerprint density at radius 3 is 2.46 bits per heavy atom. The minimum Gasteiger partial charge on any atom is -0.506 e. The maximum absolute atomic E-state index is 11.9. The van der Waals surface area contributed by atoms with Crippen molar-refractivity contribution in [1.82, 2.24) is 5.32 Å². The summed E-state index contributed by atoms with van der Waals surface area (Å²) in [7, 11) is -3.55. The summed E-state index contributed by atoms with van der Waals surface area (Å²) in [6.45, 7) is 1.83. The number of aliphatic hydroxyl groups excluding tert-OH is 2. The Morgan fingerprint density at radius 1 is 1.11 bits per heavy atom. The van der Waals surface area contributed by atoms with E-state index in [1.807, 2.05) is 30.3 Å². The first-order valence-corrected chi connectivity index (χ1v) is 10.9. The first-order chi connectivity index (χ1) is 13.3. The molecule has 0 amide bonds. The molecule has 0 spiro atoms. The Morgan fingerprint density at radius 2 is 1.82 bits per heavy atom. The fourth-order valence-electron chi connectivity index (χ4n) is 2.83. The first kappa shape index (κ1) is 22.2. The molecule has 1 unspecified atom stereocenters. The highest BCUT2D eigenvalue weighted by Crippen LogP contribution is 2.28. The van der Waals surface area contributed by atoms with E-state index >= 15 is 0 Å². The number of phenols is 1. The predicted molar refractivity (Wildman–Crippen MR) is 110 cm³/mol. The maximum Gasteiger partial charge on any atom is 0.232 e. The van der Waals surface area contributed by atoms with Gasteiger partial charge < -0.3 is 20.6 Å². The van der Waals surface area contributed by atoms with Gasteiger partial charge in [-0.15, -0.1) is 0 Å². The van der Waals surface area contributed by atoms with E-state index in [0.717, 1.165) is 5.56 Å². The predicted octanol–water partition coefficient (Wildman–Crippen LogP) is 1.77. The van der Waals surface area contributed by atoms with E-state index in [2.05, 4.69) is 10.0 Å². The quantitative estimate of drug-likeness (QED) is 0.362. The van der Waals surface area contributed by atoms with Crippen LogP contribution in [0, 0.1) is 0 Å². The molecule has 2 aromatic carbocycles. The molecule has 0 aromatic heterocycles. The van der Waals surface area contributed by atoms with Crippen LogP contribution >= 0.6 is 0 Å². The molecule has 154 valence electrons. The maximum atomic E-state index is 11.9. The highest BCUT2D eigenvalue weighted by molar-refractivity contribution is 7.92. The number of hydrogen-bond acceptors (Lipinski definition) is 6. The molecular weight excluding hydrogens is 380 g/mol. The van der Waals surface area contributed by atoms with Crippen LogP contribution in [-0.2, 0) is 16.4 Å². The van der Waals surface area contributed by atoms with Crippen molar-refractivity contribution >= 4 is 15.7 Å². The van der Waals surface area contributed by atoms with Gasteiger partial charge in [0.1, 0.15) is 5.75 Å². The number of phenolic OH excluding ortho intramolecular Hbond substituents is 1. The summed E-state index contributed by atoms with van der Waals surface area (Å²) >= 11 is 0. The van der Waals surface area contributed by atoms with Crippen LogP contribution < -0.4 is 10.0 Å². The van der Waals surface area contributed by atoms with Crippen LogP contribution in [0.25, 0.3) is 0 Å². The Bertz CT molecular complexity index is 843. The van der Waals surface area contributed by atoms with Gasteiger partial charge in [0, 0.05) is 12.6 Å². The number of aromatic hydroxyl groups is 1. The molecule has 2 rings (SSSR count). The van der Waals surface area contributed by atoms with Crippen LogP contribution in [0.3, 0.4) is 0 Å². The standard InChI is InChI=1S/C20H28N2O5S/c1-2-10-28(26,27)22-18-12-16(8-9-19(18)24)20(25)13-21-17(14-23)11-15-6-4-3-5-7-15/h3-9,12,17,20-25H,2,10-11,13-14H2,1H3/t17-,20?/m0/s1. The van der Waals surface area contributed by atoms with Crippen LogP contribution in [0.4, 0.5) is 5.69 Å². The number of nitrogens with one attached hydrogen (secondary N) is 2. The van der Waals surface area contributed by atoms with Gasteiger partial charge in [0.2, 0.25) is 10.0 Å². The lowest BCUT2D eigenvalue weighted by molar-refractivity contribution is 0.158. The molecule has 0 bridgehead atoms. The average molecular weight is 409 g/mol. The van der Waals surface area contributed by atoms with E-state index in [4.69, 9.17) is 0 Å². The van der Waals surface area contributed by atoms with E-state index in [0.29, 0.717) is 18.4 Å². The zero-order valence-corrected chi connectivity index (χ0v) is 16.7. The number of anilines is 1. The van der Waals surface area contributed by atoms with Crippen molar-refractivity contribution in [2.24, 2.45) is 0 Å². The summed E-state index contributed by atoms with van der Waals surface area (Å²) in [4.78, 5) is 0. The summed E-state index contributed by atoms with van der Waals surface area (Å²) in [6, 6.07) is 13.8. The minimum atomic E-state index is -3.55. The van der Waals surface area contributed by atoms with Crippen LogP contribution in [-0.4, -0.2) is 48.7 Å². The first-order valence-electron chi connectivity index (χ1n) is 9.24. The molecule has 2 aromatic rings. The molecule has 2 atom stereocenters. The van der Waals surface area contributed by atoms with Gasteiger partial charge in [-0.1, -0.05) is 43.3 Å². The molecule has 0 heterocycles. The van der Waals surface area contributed by atoms with Gasteiger partial charge in [0.25, 0.3) is 0 Å². The summed E-state index contributed by atoms with van der Waals surface area (Å²) in [6.07, 6.45) is 0.133. The van der Waals surface area contributed by atoms with Crippen LogP contribution in [0.5, 0.6) is 5.75 Å². The molecule has 0 radical (unpaired) electrons. The molecular formula is C20H28N2O5S. The van der Waals surface area contributed by atoms with Gasteiger partial charge in [-0.2, -0.15) is 0 Å². The molecule has 7 nitrogen and oxygen atoms in total. The third kappa shape index (κ3) is 6.79. The van der Waals surface area contributed by atoms with Gasteiger partial charge in [-0.3, -0.25) is 4.72 Å². The van der Waals surface area contributed by atoms with E-state index < -0.39 is 16.1 Å². The van der Waals surface area contributed by atoms with Crippen molar-refractivity contribution in [3.63, 3.8) is 0 Å². The highest BCUT2D eigenvalue weighted by atomic mass is 32.2. The third-order valence-corrected chi connectivity index (χ3v) is 5.77. The van der Waals surface area contributed by atoms with Crippen molar-refractivity contribution in [2.45, 2.75) is 31.9 Å². The number of aliphatic hydroxyl groups is 2. The minimum absolute atomic E-state index is 0.0352. The Labute approximate surface area is 166 Å². The van der Waals surface area contributed by atoms with Crippen LogP contribution in [0.1, 0.15) is 30.6 Å². The van der Waals surface area contributed by atoms with Crippen molar-refractivity contribution in [2.75, 3.05) is 23.6 Å². The largest absolute Gasteiger partial charge is 0.506 e. The molecule has 0 fully saturated rings. The lowest BCUT2D eigenvalue weighted by atomic mass is 10.0. The van der Waals surface area contributed by atoms with E-state index in [9.17, 15) is 23.7 Å². The van der Waals surface area contributed by atoms with Gasteiger partial charge in [-0.25, -0.2) is 8.42 Å². The molecule has 0 saturated heterocycles. The van der Waals surface area contributed by atoms with Crippen LogP contribution in [0.2, 0.25) is 0 Å². The Hall–Kier alpha value is -2.13. The molecule has 8 heteroatoms. The monoisotopic (exact) mass is 408 g/mol. The van der Waals surface area contributed by atoms with Crippen molar-refractivity contribution < 1.29 is 23.7 Å². The Kier molecular flexibility index (Phi) is 8.25. The molecule has 0 aliphatic heterocycles. The summed E-state index contributed by atoms with van der Waals surface area (Å²) in [5, 5.41) is 33.0. The second-order valence-corrected chi connectivity index (χ2v) is 8.53. The lowest BCUT2D eigenvalue weighted by Crippen LogP contribution is -2.37. The molecule has 0 saturated carbocycles. The lowest BCUT2D eigenvalue weighted by Gasteiger charge is -2.20. The smallest absolute Gasteiger partial charge is 0.232 e.